The molecule has 0 unspecified atom stereocenters. The summed E-state index contributed by atoms with van der Waals surface area (Å²) in [6.07, 6.45) is 0. The summed E-state index contributed by atoms with van der Waals surface area (Å²) in [7, 11) is 3.43. The van der Waals surface area contributed by atoms with Gasteiger partial charge in [-0.3, -0.25) is 14.5 Å². The molecule has 0 radical (unpaired) electrons. The molecular formula is C28H27Cl2F2N5O3. The van der Waals surface area contributed by atoms with Gasteiger partial charge >= 0.3 is 5.97 Å². The number of hydrogen-bond acceptors (Lipinski definition) is 7. The summed E-state index contributed by atoms with van der Waals surface area (Å²) in [6.45, 7) is 0.657. The van der Waals surface area contributed by atoms with Crippen LogP contribution in [-0.4, -0.2) is 52.3 Å². The number of hydrogen-bond donors (Lipinski definition) is 1. The fourth-order valence-corrected chi connectivity index (χ4v) is 4.54. The maximum atomic E-state index is 14.3. The predicted molar refractivity (Wildman–Crippen MR) is 152 cm³/mol. The summed E-state index contributed by atoms with van der Waals surface area (Å²) in [5.74, 6) is -2.99. The van der Waals surface area contributed by atoms with Crippen molar-refractivity contribution in [2.75, 3.05) is 26.4 Å². The van der Waals surface area contributed by atoms with Gasteiger partial charge in [-0.15, -0.1) is 24.8 Å². The molecule has 8 nitrogen and oxygen atoms in total. The van der Waals surface area contributed by atoms with Crippen LogP contribution in [0.5, 0.6) is 0 Å². The van der Waals surface area contributed by atoms with Gasteiger partial charge in [0.2, 0.25) is 5.95 Å². The average molecular weight is 590 g/mol. The summed E-state index contributed by atoms with van der Waals surface area (Å²) < 4.78 is 33.8. The largest absolute Gasteiger partial charge is 0.460 e. The molecule has 0 fully saturated rings. The Labute approximate surface area is 242 Å². The summed E-state index contributed by atoms with van der Waals surface area (Å²) in [5, 5.41) is 0.415. The van der Waals surface area contributed by atoms with E-state index in [2.05, 4.69) is 9.97 Å². The molecule has 0 atom stereocenters. The first kappa shape index (κ1) is 30.7. The van der Waals surface area contributed by atoms with Crippen LogP contribution in [0.25, 0.3) is 22.0 Å². The summed E-state index contributed by atoms with van der Waals surface area (Å²) in [6, 6.07) is 14.8. The Bertz CT molecular complexity index is 1560. The average Bonchev–Trinajstić information content (AvgIpc) is 3.32. The van der Waals surface area contributed by atoms with Gasteiger partial charge < -0.3 is 15.4 Å². The van der Waals surface area contributed by atoms with Crippen molar-refractivity contribution in [1.82, 2.24) is 19.8 Å². The summed E-state index contributed by atoms with van der Waals surface area (Å²) >= 11 is 0. The standard InChI is InChI=1S/C28H25F2N5O3.2ClH/c1-34(2)14-25(36)38-15-19-10-22(29)23(30)11-20(19)16-7-8-24-21(9-16)26(33-28(31)32-24)27(37)35-12-17-5-3-4-6-18(17)13-35;;/h3-11H,12-15H2,1-2H3,(H2,31,32,33);2*1H. The highest BCUT2D eigenvalue weighted by Gasteiger charge is 2.27. The lowest BCUT2D eigenvalue weighted by molar-refractivity contribution is -0.145. The number of esters is 1. The van der Waals surface area contributed by atoms with Crippen LogP contribution in [0.1, 0.15) is 27.2 Å². The normalized spacial score (nSPS) is 12.1. The zero-order valence-corrected chi connectivity index (χ0v) is 23.3. The highest BCUT2D eigenvalue weighted by Crippen LogP contribution is 2.32. The lowest BCUT2D eigenvalue weighted by atomic mass is 9.97. The van der Waals surface area contributed by atoms with E-state index in [1.165, 1.54) is 0 Å². The molecule has 40 heavy (non-hydrogen) atoms. The number of amides is 1. The maximum Gasteiger partial charge on any atom is 0.320 e. The van der Waals surface area contributed by atoms with E-state index < -0.39 is 17.6 Å². The molecule has 5 rings (SSSR count). The van der Waals surface area contributed by atoms with Crippen LogP contribution in [-0.2, 0) is 29.2 Å². The van der Waals surface area contributed by atoms with Gasteiger partial charge in [-0.1, -0.05) is 30.3 Å². The fraction of sp³-hybridized carbons (Fsp3) is 0.214. The minimum atomic E-state index is -1.06. The van der Waals surface area contributed by atoms with Gasteiger partial charge in [-0.25, -0.2) is 18.7 Å². The number of rotatable bonds is 6. The first-order chi connectivity index (χ1) is 18.2. The Hall–Kier alpha value is -3.86. The molecule has 0 saturated carbocycles. The molecular weight excluding hydrogens is 563 g/mol. The van der Waals surface area contributed by atoms with Gasteiger partial charge in [0.25, 0.3) is 5.91 Å². The number of anilines is 1. The molecule has 3 aromatic carbocycles. The number of likely N-dealkylation sites (N-methyl/N-ethyl adjacent to an activating group) is 1. The minimum absolute atomic E-state index is 0. The van der Waals surface area contributed by atoms with E-state index in [9.17, 15) is 18.4 Å². The number of fused-ring (bicyclic) bond motifs is 2. The molecule has 12 heteroatoms. The zero-order valence-electron chi connectivity index (χ0n) is 21.7. The van der Waals surface area contributed by atoms with Crippen molar-refractivity contribution in [3.63, 3.8) is 0 Å². The number of carbonyl (C=O) groups excluding carboxylic acids is 2. The first-order valence-electron chi connectivity index (χ1n) is 11.9. The molecule has 0 spiro atoms. The van der Waals surface area contributed by atoms with Gasteiger partial charge in [0, 0.05) is 24.0 Å². The fourth-order valence-electron chi connectivity index (χ4n) is 4.54. The van der Waals surface area contributed by atoms with E-state index in [1.807, 2.05) is 24.3 Å². The van der Waals surface area contributed by atoms with E-state index >= 15 is 0 Å². The highest BCUT2D eigenvalue weighted by atomic mass is 35.5. The van der Waals surface area contributed by atoms with Crippen molar-refractivity contribution in [1.29, 1.82) is 0 Å². The Morgan fingerprint density at radius 3 is 2.27 bits per heavy atom. The van der Waals surface area contributed by atoms with E-state index in [1.54, 1.807) is 42.1 Å². The Kier molecular flexibility index (Phi) is 9.62. The third kappa shape index (κ3) is 6.30. The quantitative estimate of drug-likeness (QED) is 0.323. The number of ether oxygens (including phenoxy) is 1. The van der Waals surface area contributed by atoms with Gasteiger partial charge in [-0.05, 0) is 60.6 Å². The molecule has 1 aliphatic rings. The van der Waals surface area contributed by atoms with Crippen LogP contribution in [0.2, 0.25) is 0 Å². The second-order valence-electron chi connectivity index (χ2n) is 9.41. The van der Waals surface area contributed by atoms with Crippen molar-refractivity contribution in [2.45, 2.75) is 19.7 Å². The Morgan fingerprint density at radius 2 is 1.62 bits per heavy atom. The number of aromatic nitrogens is 2. The first-order valence-corrected chi connectivity index (χ1v) is 11.9. The van der Waals surface area contributed by atoms with Gasteiger partial charge in [-0.2, -0.15) is 0 Å². The van der Waals surface area contributed by atoms with Crippen molar-refractivity contribution in [2.24, 2.45) is 0 Å². The molecule has 1 aromatic heterocycles. The van der Waals surface area contributed by atoms with Crippen molar-refractivity contribution < 1.29 is 23.1 Å². The van der Waals surface area contributed by atoms with Gasteiger partial charge in [0.15, 0.2) is 11.6 Å². The van der Waals surface area contributed by atoms with Crippen LogP contribution in [0.15, 0.2) is 54.6 Å². The molecule has 4 aromatic rings. The number of benzene rings is 3. The minimum Gasteiger partial charge on any atom is -0.460 e. The molecule has 0 aliphatic carbocycles. The van der Waals surface area contributed by atoms with E-state index in [4.69, 9.17) is 10.5 Å². The van der Waals surface area contributed by atoms with Crippen molar-refractivity contribution in [3.05, 3.63) is 88.6 Å². The van der Waals surface area contributed by atoms with Gasteiger partial charge in [0.1, 0.15) is 12.3 Å². The lowest BCUT2D eigenvalue weighted by Gasteiger charge is -2.17. The molecule has 2 N–H and O–H groups in total. The SMILES string of the molecule is CN(C)CC(=O)OCc1cc(F)c(F)cc1-c1ccc2nc(N)nc(C(=O)N3Cc4ccccc4C3)c2c1.Cl.Cl. The van der Waals surface area contributed by atoms with Crippen LogP contribution in [0.3, 0.4) is 0 Å². The monoisotopic (exact) mass is 589 g/mol. The smallest absolute Gasteiger partial charge is 0.320 e. The van der Waals surface area contributed by atoms with Gasteiger partial charge in [0.05, 0.1) is 12.1 Å². The molecule has 1 amide bonds. The zero-order chi connectivity index (χ0) is 27.0. The Balaban J connectivity index is 0.00000220. The second kappa shape index (κ2) is 12.5. The predicted octanol–water partition coefficient (Wildman–Crippen LogP) is 4.76. The van der Waals surface area contributed by atoms with Crippen molar-refractivity contribution >= 4 is 53.5 Å². The third-order valence-corrected chi connectivity index (χ3v) is 6.33. The number of nitrogens with zero attached hydrogens (tertiary/aromatic N) is 4. The maximum absolute atomic E-state index is 14.3. The topological polar surface area (TPSA) is 102 Å². The number of halogens is 4. The van der Waals surface area contributed by atoms with Crippen LogP contribution >= 0.6 is 24.8 Å². The lowest BCUT2D eigenvalue weighted by Crippen LogP contribution is -2.27. The summed E-state index contributed by atoms with van der Waals surface area (Å²) in [5.41, 5.74) is 9.65. The Morgan fingerprint density at radius 1 is 0.975 bits per heavy atom. The van der Waals surface area contributed by atoms with Crippen LogP contribution < -0.4 is 5.73 Å². The van der Waals surface area contributed by atoms with E-state index in [-0.39, 0.29) is 61.1 Å². The second-order valence-corrected chi connectivity index (χ2v) is 9.41. The summed E-state index contributed by atoms with van der Waals surface area (Å²) in [4.78, 5) is 37.4. The van der Waals surface area contributed by atoms with Crippen LogP contribution in [0, 0.1) is 11.6 Å². The molecule has 210 valence electrons. The molecule has 0 saturated heterocycles. The number of nitrogen functional groups attached to an aromatic ring is 1. The number of carbonyl (C=O) groups is 2. The number of nitrogens with two attached hydrogens (primary N) is 1. The van der Waals surface area contributed by atoms with E-state index in [0.29, 0.717) is 35.1 Å². The molecule has 1 aliphatic heterocycles. The third-order valence-electron chi connectivity index (χ3n) is 6.33. The van der Waals surface area contributed by atoms with Crippen LogP contribution in [0.4, 0.5) is 14.7 Å². The molecule has 0 bridgehead atoms. The molecule has 2 heterocycles. The highest BCUT2D eigenvalue weighted by molar-refractivity contribution is 6.06. The van der Waals surface area contributed by atoms with Crippen molar-refractivity contribution in [3.8, 4) is 11.1 Å². The van der Waals surface area contributed by atoms with E-state index in [0.717, 1.165) is 23.3 Å².